The van der Waals surface area contributed by atoms with E-state index in [9.17, 15) is 5.11 Å². The minimum absolute atomic E-state index is 0.0464. The van der Waals surface area contributed by atoms with E-state index in [-0.39, 0.29) is 17.6 Å². The number of halogens is 1. The summed E-state index contributed by atoms with van der Waals surface area (Å²) in [5, 5.41) is 10.1. The molecule has 2 unspecified atom stereocenters. The number of rotatable bonds is 5. The van der Waals surface area contributed by atoms with Crippen LogP contribution < -0.4 is 9.47 Å². The monoisotopic (exact) mass is 328 g/mol. The second-order valence-electron chi connectivity index (χ2n) is 5.07. The molecule has 2 atom stereocenters. The minimum atomic E-state index is -0.263. The number of hydrogen-bond acceptors (Lipinski definition) is 3. The second kappa shape index (κ2) is 5.71. The molecule has 4 heteroatoms. The van der Waals surface area contributed by atoms with Gasteiger partial charge in [0.1, 0.15) is 6.10 Å². The van der Waals surface area contributed by atoms with Crippen LogP contribution in [0.3, 0.4) is 0 Å². The molecule has 106 valence electrons. The molecule has 1 aliphatic carbocycles. The summed E-state index contributed by atoms with van der Waals surface area (Å²) < 4.78 is 12.4. The van der Waals surface area contributed by atoms with Crippen molar-refractivity contribution >= 4 is 15.9 Å². The lowest BCUT2D eigenvalue weighted by molar-refractivity contribution is -0.160. The maximum atomic E-state index is 10.1. The van der Waals surface area contributed by atoms with E-state index in [0.717, 1.165) is 28.8 Å². The van der Waals surface area contributed by atoms with Crippen molar-refractivity contribution in [3.63, 3.8) is 0 Å². The van der Waals surface area contributed by atoms with Gasteiger partial charge in [-0.15, -0.1) is 0 Å². The molecule has 0 bridgehead atoms. The summed E-state index contributed by atoms with van der Waals surface area (Å²) in [4.78, 5) is 0. The van der Waals surface area contributed by atoms with E-state index in [1.54, 1.807) is 7.11 Å². The Labute approximate surface area is 123 Å². The van der Waals surface area contributed by atoms with Crippen molar-refractivity contribution in [2.45, 2.75) is 45.3 Å². The summed E-state index contributed by atoms with van der Waals surface area (Å²) in [6, 6.07) is 5.74. The molecule has 1 N–H and O–H groups in total. The molecule has 3 nitrogen and oxygen atoms in total. The Bertz CT molecular complexity index is 443. The average Bonchev–Trinajstić information content (AvgIpc) is 2.41. The summed E-state index contributed by atoms with van der Waals surface area (Å²) in [5.74, 6) is 1.45. The topological polar surface area (TPSA) is 38.7 Å². The van der Waals surface area contributed by atoms with Crippen LogP contribution in [-0.2, 0) is 0 Å². The molecule has 1 fully saturated rings. The maximum Gasteiger partial charge on any atom is 0.175 e. The van der Waals surface area contributed by atoms with Crippen molar-refractivity contribution in [2.75, 3.05) is 7.11 Å². The van der Waals surface area contributed by atoms with Crippen molar-refractivity contribution in [1.29, 1.82) is 0 Å². The molecule has 1 aromatic rings. The van der Waals surface area contributed by atoms with Crippen LogP contribution in [0.15, 0.2) is 22.7 Å². The first kappa shape index (κ1) is 14.7. The molecular weight excluding hydrogens is 308 g/mol. The third-order valence-electron chi connectivity index (χ3n) is 4.47. The molecule has 1 aliphatic rings. The van der Waals surface area contributed by atoms with E-state index in [1.165, 1.54) is 0 Å². The first-order valence-corrected chi connectivity index (χ1v) is 7.55. The number of benzene rings is 1. The van der Waals surface area contributed by atoms with Gasteiger partial charge in [-0.3, -0.25) is 0 Å². The third kappa shape index (κ3) is 2.36. The van der Waals surface area contributed by atoms with Gasteiger partial charge in [-0.25, -0.2) is 0 Å². The molecule has 0 radical (unpaired) electrons. The zero-order valence-corrected chi connectivity index (χ0v) is 13.2. The molecule has 1 aromatic carbocycles. The number of methoxy groups -OCH3 is 1. The van der Waals surface area contributed by atoms with Gasteiger partial charge in [-0.2, -0.15) is 0 Å². The SMILES string of the molecule is CCC1(CC)C(O)CC1Oc1c(Br)cccc1OC. The second-order valence-corrected chi connectivity index (χ2v) is 5.92. The molecule has 0 aromatic heterocycles. The summed E-state index contributed by atoms with van der Waals surface area (Å²) >= 11 is 3.50. The van der Waals surface area contributed by atoms with Crippen molar-refractivity contribution in [3.8, 4) is 11.5 Å². The zero-order chi connectivity index (χ0) is 14.0. The molecule has 2 rings (SSSR count). The van der Waals surface area contributed by atoms with E-state index in [1.807, 2.05) is 18.2 Å². The van der Waals surface area contributed by atoms with Gasteiger partial charge in [0.2, 0.25) is 0 Å². The summed E-state index contributed by atoms with van der Waals surface area (Å²) in [7, 11) is 1.64. The Morgan fingerprint density at radius 3 is 2.58 bits per heavy atom. The highest BCUT2D eigenvalue weighted by atomic mass is 79.9. The number of para-hydroxylation sites is 1. The van der Waals surface area contributed by atoms with E-state index < -0.39 is 0 Å². The zero-order valence-electron chi connectivity index (χ0n) is 11.6. The molecule has 19 heavy (non-hydrogen) atoms. The predicted molar refractivity (Wildman–Crippen MR) is 78.7 cm³/mol. The van der Waals surface area contributed by atoms with Crippen molar-refractivity contribution < 1.29 is 14.6 Å². The van der Waals surface area contributed by atoms with Crippen LogP contribution in [0, 0.1) is 5.41 Å². The molecule has 0 saturated heterocycles. The highest BCUT2D eigenvalue weighted by Crippen LogP contribution is 2.50. The summed E-state index contributed by atoms with van der Waals surface area (Å²) in [6.45, 7) is 4.22. The van der Waals surface area contributed by atoms with Crippen LogP contribution in [-0.4, -0.2) is 24.4 Å². The van der Waals surface area contributed by atoms with E-state index in [0.29, 0.717) is 6.42 Å². The quantitative estimate of drug-likeness (QED) is 0.894. The van der Waals surface area contributed by atoms with Crippen LogP contribution >= 0.6 is 15.9 Å². The first-order valence-electron chi connectivity index (χ1n) is 6.76. The number of ether oxygens (including phenoxy) is 2. The van der Waals surface area contributed by atoms with Gasteiger partial charge in [0, 0.05) is 11.8 Å². The van der Waals surface area contributed by atoms with E-state index in [2.05, 4.69) is 29.8 Å². The van der Waals surface area contributed by atoms with Gasteiger partial charge in [0.15, 0.2) is 11.5 Å². The van der Waals surface area contributed by atoms with Crippen molar-refractivity contribution in [3.05, 3.63) is 22.7 Å². The summed E-state index contributed by atoms with van der Waals surface area (Å²) in [6.07, 6.45) is 2.31. The van der Waals surface area contributed by atoms with Crippen LogP contribution in [0.5, 0.6) is 11.5 Å². The number of hydrogen-bond donors (Lipinski definition) is 1. The Morgan fingerprint density at radius 1 is 1.37 bits per heavy atom. The molecule has 0 spiro atoms. The molecule has 1 saturated carbocycles. The van der Waals surface area contributed by atoms with Gasteiger partial charge >= 0.3 is 0 Å². The minimum Gasteiger partial charge on any atom is -0.493 e. The Hall–Kier alpha value is -0.740. The highest BCUT2D eigenvalue weighted by Gasteiger charge is 2.54. The normalized spacial score (nSPS) is 24.7. The van der Waals surface area contributed by atoms with E-state index in [4.69, 9.17) is 9.47 Å². The lowest BCUT2D eigenvalue weighted by Crippen LogP contribution is -2.59. The number of aliphatic hydroxyl groups is 1. The van der Waals surface area contributed by atoms with Crippen LogP contribution in [0.25, 0.3) is 0 Å². The predicted octanol–water partition coefficient (Wildman–Crippen LogP) is 3.78. The lowest BCUT2D eigenvalue weighted by atomic mass is 9.60. The summed E-state index contributed by atoms with van der Waals surface area (Å²) in [5.41, 5.74) is -0.125. The van der Waals surface area contributed by atoms with E-state index >= 15 is 0 Å². The van der Waals surface area contributed by atoms with Crippen LogP contribution in [0.1, 0.15) is 33.1 Å². The van der Waals surface area contributed by atoms with Gasteiger partial charge in [-0.1, -0.05) is 19.9 Å². The first-order chi connectivity index (χ1) is 9.08. The molecule has 0 heterocycles. The standard InChI is InChI=1S/C15H21BrO3/c1-4-15(5-2)12(17)9-13(15)19-14-10(16)7-6-8-11(14)18-3/h6-8,12-13,17H,4-5,9H2,1-3H3. The highest BCUT2D eigenvalue weighted by molar-refractivity contribution is 9.10. The van der Waals surface area contributed by atoms with Gasteiger partial charge in [0.05, 0.1) is 17.7 Å². The van der Waals surface area contributed by atoms with Crippen LogP contribution in [0.4, 0.5) is 0 Å². The average molecular weight is 329 g/mol. The van der Waals surface area contributed by atoms with Crippen LogP contribution in [0.2, 0.25) is 0 Å². The van der Waals surface area contributed by atoms with Gasteiger partial charge in [0.25, 0.3) is 0 Å². The Kier molecular flexibility index (Phi) is 4.41. The fraction of sp³-hybridized carbons (Fsp3) is 0.600. The van der Waals surface area contributed by atoms with Gasteiger partial charge < -0.3 is 14.6 Å². The molecular formula is C15H21BrO3. The number of aliphatic hydroxyl groups excluding tert-OH is 1. The van der Waals surface area contributed by atoms with Gasteiger partial charge in [-0.05, 0) is 40.9 Å². The third-order valence-corrected chi connectivity index (χ3v) is 5.09. The Balaban J connectivity index is 2.23. The maximum absolute atomic E-state index is 10.1. The van der Waals surface area contributed by atoms with Crippen molar-refractivity contribution in [1.82, 2.24) is 0 Å². The lowest BCUT2D eigenvalue weighted by Gasteiger charge is -2.52. The fourth-order valence-electron chi connectivity index (χ4n) is 2.97. The smallest absolute Gasteiger partial charge is 0.175 e. The molecule has 0 amide bonds. The van der Waals surface area contributed by atoms with Crippen molar-refractivity contribution in [2.24, 2.45) is 5.41 Å². The Morgan fingerprint density at radius 2 is 2.05 bits per heavy atom. The fourth-order valence-corrected chi connectivity index (χ4v) is 3.42. The molecule has 0 aliphatic heterocycles. The largest absolute Gasteiger partial charge is 0.493 e.